The molecule has 1 saturated heterocycles. The lowest BCUT2D eigenvalue weighted by molar-refractivity contribution is -0.139. The van der Waals surface area contributed by atoms with E-state index in [1.807, 2.05) is 31.2 Å². The SMILES string of the molecule is Cc1ccc(C=CC(=O)N2CCSCC2CC(=O)O)cc1. The van der Waals surface area contributed by atoms with E-state index in [9.17, 15) is 9.59 Å². The van der Waals surface area contributed by atoms with Crippen molar-refractivity contribution in [2.45, 2.75) is 19.4 Å². The number of amides is 1. The van der Waals surface area contributed by atoms with E-state index in [0.29, 0.717) is 12.3 Å². The molecule has 1 aromatic rings. The van der Waals surface area contributed by atoms with Gasteiger partial charge in [0.2, 0.25) is 5.91 Å². The highest BCUT2D eigenvalue weighted by Crippen LogP contribution is 2.19. The van der Waals surface area contributed by atoms with Crippen LogP contribution in [-0.4, -0.2) is 46.0 Å². The van der Waals surface area contributed by atoms with Crippen molar-refractivity contribution in [1.82, 2.24) is 4.90 Å². The van der Waals surface area contributed by atoms with Crippen LogP contribution in [0.15, 0.2) is 30.3 Å². The molecular weight excluding hydrogens is 286 g/mol. The standard InChI is InChI=1S/C16H19NO3S/c1-12-2-4-13(5-3-12)6-7-15(18)17-8-9-21-11-14(17)10-16(19)20/h2-7,14H,8-11H2,1H3,(H,19,20). The van der Waals surface area contributed by atoms with Gasteiger partial charge in [0.15, 0.2) is 0 Å². The van der Waals surface area contributed by atoms with E-state index in [0.717, 1.165) is 11.3 Å². The largest absolute Gasteiger partial charge is 0.481 e. The van der Waals surface area contributed by atoms with E-state index >= 15 is 0 Å². The Labute approximate surface area is 128 Å². The minimum absolute atomic E-state index is 0.0110. The zero-order valence-corrected chi connectivity index (χ0v) is 12.8. The number of carboxylic acid groups (broad SMARTS) is 1. The quantitative estimate of drug-likeness (QED) is 0.868. The lowest BCUT2D eigenvalue weighted by Gasteiger charge is -2.33. The van der Waals surface area contributed by atoms with E-state index in [1.165, 1.54) is 11.6 Å². The summed E-state index contributed by atoms with van der Waals surface area (Å²) < 4.78 is 0. The number of carbonyl (C=O) groups is 2. The normalized spacial score (nSPS) is 18.9. The minimum atomic E-state index is -0.859. The molecule has 4 nitrogen and oxygen atoms in total. The van der Waals surface area contributed by atoms with Gasteiger partial charge >= 0.3 is 5.97 Å². The molecule has 5 heteroatoms. The predicted octanol–water partition coefficient (Wildman–Crippen LogP) is 2.43. The number of hydrogen-bond donors (Lipinski definition) is 1. The van der Waals surface area contributed by atoms with Gasteiger partial charge in [-0.2, -0.15) is 11.8 Å². The van der Waals surface area contributed by atoms with Crippen LogP contribution in [0, 0.1) is 6.92 Å². The molecule has 0 radical (unpaired) electrons. The fourth-order valence-corrected chi connectivity index (χ4v) is 3.32. The van der Waals surface area contributed by atoms with Gasteiger partial charge in [0.05, 0.1) is 12.5 Å². The molecule has 1 aromatic carbocycles. The summed E-state index contributed by atoms with van der Waals surface area (Å²) in [6.07, 6.45) is 3.33. The summed E-state index contributed by atoms with van der Waals surface area (Å²) in [7, 11) is 0. The second kappa shape index (κ2) is 7.31. The zero-order chi connectivity index (χ0) is 15.2. The van der Waals surface area contributed by atoms with Crippen LogP contribution in [0.3, 0.4) is 0 Å². The van der Waals surface area contributed by atoms with Gasteiger partial charge in [0, 0.05) is 24.1 Å². The molecule has 1 atom stereocenters. The molecule has 2 rings (SSSR count). The van der Waals surface area contributed by atoms with E-state index in [-0.39, 0.29) is 18.4 Å². The Bertz CT molecular complexity index is 539. The third-order valence-corrected chi connectivity index (χ3v) is 4.51. The van der Waals surface area contributed by atoms with E-state index in [1.54, 1.807) is 22.7 Å². The van der Waals surface area contributed by atoms with Gasteiger partial charge in [-0.1, -0.05) is 29.8 Å². The van der Waals surface area contributed by atoms with E-state index in [2.05, 4.69) is 0 Å². The smallest absolute Gasteiger partial charge is 0.305 e. The molecule has 0 spiro atoms. The van der Waals surface area contributed by atoms with Crippen LogP contribution in [0.5, 0.6) is 0 Å². The first-order chi connectivity index (χ1) is 10.1. The molecule has 1 amide bonds. The van der Waals surface area contributed by atoms with Gasteiger partial charge in [-0.3, -0.25) is 9.59 Å². The first kappa shape index (κ1) is 15.6. The maximum atomic E-state index is 12.3. The maximum absolute atomic E-state index is 12.3. The summed E-state index contributed by atoms with van der Waals surface area (Å²) in [6, 6.07) is 7.69. The zero-order valence-electron chi connectivity index (χ0n) is 12.0. The molecule has 21 heavy (non-hydrogen) atoms. The third kappa shape index (κ3) is 4.63. The molecule has 1 fully saturated rings. The fourth-order valence-electron chi connectivity index (χ4n) is 2.26. The van der Waals surface area contributed by atoms with Crippen molar-refractivity contribution < 1.29 is 14.7 Å². The summed E-state index contributed by atoms with van der Waals surface area (Å²) >= 11 is 1.70. The Morgan fingerprint density at radius 2 is 2.10 bits per heavy atom. The number of carbonyl (C=O) groups excluding carboxylic acids is 1. The van der Waals surface area contributed by atoms with Crippen molar-refractivity contribution in [2.75, 3.05) is 18.1 Å². The third-order valence-electron chi connectivity index (χ3n) is 3.42. The van der Waals surface area contributed by atoms with Crippen LogP contribution < -0.4 is 0 Å². The van der Waals surface area contributed by atoms with E-state index in [4.69, 9.17) is 5.11 Å². The number of aryl methyl sites for hydroxylation is 1. The molecular formula is C16H19NO3S. The van der Waals surface area contributed by atoms with Crippen molar-refractivity contribution in [1.29, 1.82) is 0 Å². The predicted molar refractivity (Wildman–Crippen MR) is 85.3 cm³/mol. The number of benzene rings is 1. The first-order valence-corrected chi connectivity index (χ1v) is 8.06. The summed E-state index contributed by atoms with van der Waals surface area (Å²) in [5, 5.41) is 8.93. The van der Waals surface area contributed by atoms with Crippen molar-refractivity contribution in [2.24, 2.45) is 0 Å². The lowest BCUT2D eigenvalue weighted by Crippen LogP contribution is -2.46. The van der Waals surface area contributed by atoms with Crippen LogP contribution in [-0.2, 0) is 9.59 Å². The van der Waals surface area contributed by atoms with Gasteiger partial charge in [-0.05, 0) is 18.6 Å². The van der Waals surface area contributed by atoms with E-state index < -0.39 is 5.97 Å². The van der Waals surface area contributed by atoms with Crippen LogP contribution in [0.25, 0.3) is 6.08 Å². The van der Waals surface area contributed by atoms with Gasteiger partial charge < -0.3 is 10.0 Å². The molecule has 112 valence electrons. The number of nitrogens with zero attached hydrogens (tertiary/aromatic N) is 1. The molecule has 0 aliphatic carbocycles. The number of aliphatic carboxylic acids is 1. The molecule has 1 aliphatic rings. The Morgan fingerprint density at radius 1 is 1.38 bits per heavy atom. The van der Waals surface area contributed by atoms with Gasteiger partial charge in [0.25, 0.3) is 0 Å². The molecule has 0 aromatic heterocycles. The van der Waals surface area contributed by atoms with Crippen molar-refractivity contribution in [3.63, 3.8) is 0 Å². The second-order valence-electron chi connectivity index (χ2n) is 5.10. The molecule has 1 unspecified atom stereocenters. The molecule has 1 heterocycles. The molecule has 1 N–H and O–H groups in total. The second-order valence-corrected chi connectivity index (χ2v) is 6.25. The van der Waals surface area contributed by atoms with Gasteiger partial charge in [0.1, 0.15) is 0 Å². The topological polar surface area (TPSA) is 57.6 Å². The summed E-state index contributed by atoms with van der Waals surface area (Å²) in [6.45, 7) is 2.63. The van der Waals surface area contributed by atoms with Crippen LogP contribution >= 0.6 is 11.8 Å². The van der Waals surface area contributed by atoms with Crippen LogP contribution in [0.4, 0.5) is 0 Å². The molecule has 1 aliphatic heterocycles. The molecule has 0 saturated carbocycles. The summed E-state index contributed by atoms with van der Waals surface area (Å²) in [5.41, 5.74) is 2.14. The highest BCUT2D eigenvalue weighted by Gasteiger charge is 2.27. The number of thioether (sulfide) groups is 1. The highest BCUT2D eigenvalue weighted by molar-refractivity contribution is 7.99. The Kier molecular flexibility index (Phi) is 5.44. The Balaban J connectivity index is 2.03. The number of hydrogen-bond acceptors (Lipinski definition) is 3. The Hall–Kier alpha value is -1.75. The summed E-state index contributed by atoms with van der Waals surface area (Å²) in [5.74, 6) is 0.585. The minimum Gasteiger partial charge on any atom is -0.481 e. The average molecular weight is 305 g/mol. The maximum Gasteiger partial charge on any atom is 0.305 e. The summed E-state index contributed by atoms with van der Waals surface area (Å²) in [4.78, 5) is 24.8. The highest BCUT2D eigenvalue weighted by atomic mass is 32.2. The van der Waals surface area contributed by atoms with Crippen LogP contribution in [0.2, 0.25) is 0 Å². The first-order valence-electron chi connectivity index (χ1n) is 6.91. The number of rotatable bonds is 4. The van der Waals surface area contributed by atoms with Gasteiger partial charge in [-0.15, -0.1) is 0 Å². The monoisotopic (exact) mass is 305 g/mol. The van der Waals surface area contributed by atoms with Gasteiger partial charge in [-0.25, -0.2) is 0 Å². The number of carboxylic acids is 1. The lowest BCUT2D eigenvalue weighted by atomic mass is 10.1. The van der Waals surface area contributed by atoms with Crippen molar-refractivity contribution in [3.05, 3.63) is 41.5 Å². The fraction of sp³-hybridized carbons (Fsp3) is 0.375. The van der Waals surface area contributed by atoms with Crippen molar-refractivity contribution >= 4 is 29.7 Å². The molecule has 0 bridgehead atoms. The van der Waals surface area contributed by atoms with Crippen molar-refractivity contribution in [3.8, 4) is 0 Å². The Morgan fingerprint density at radius 3 is 2.76 bits per heavy atom. The van der Waals surface area contributed by atoms with Crippen LogP contribution in [0.1, 0.15) is 17.5 Å². The average Bonchev–Trinajstić information content (AvgIpc) is 2.46.